The summed E-state index contributed by atoms with van der Waals surface area (Å²) in [7, 11) is 0.316. The van der Waals surface area contributed by atoms with Crippen LogP contribution in [0.15, 0.2) is 29.3 Å². The molecule has 21 heavy (non-hydrogen) atoms. The molecule has 0 amide bonds. The number of aliphatic imine (C=N–C) groups is 1. The zero-order valence-corrected chi connectivity index (χ0v) is 13.2. The first-order valence-electron chi connectivity index (χ1n) is 6.42. The highest BCUT2D eigenvalue weighted by atomic mass is 32.2. The molecule has 1 aromatic carbocycles. The van der Waals surface area contributed by atoms with Crippen molar-refractivity contribution in [2.24, 2.45) is 4.99 Å². The Balaban J connectivity index is 2.46. The predicted molar refractivity (Wildman–Crippen MR) is 82.1 cm³/mol. The first kappa shape index (κ1) is 17.4. The second kappa shape index (κ2) is 7.94. The van der Waals surface area contributed by atoms with Gasteiger partial charge in [-0.05, 0) is 17.7 Å². The molecule has 2 N–H and O–H groups in total. The molecule has 0 aromatic heterocycles. The van der Waals surface area contributed by atoms with Crippen molar-refractivity contribution in [1.29, 1.82) is 0 Å². The molecule has 0 heterocycles. The Bertz CT molecular complexity index is 572. The summed E-state index contributed by atoms with van der Waals surface area (Å²) in [5, 5.41) is 3.05. The number of guanidine groups is 1. The summed E-state index contributed by atoms with van der Waals surface area (Å²) in [6.07, 6.45) is 1.11. The smallest absolute Gasteiger partial charge is 0.208 e. The van der Waals surface area contributed by atoms with Crippen LogP contribution in [-0.4, -0.2) is 52.7 Å². The van der Waals surface area contributed by atoms with E-state index in [0.29, 0.717) is 19.0 Å². The van der Waals surface area contributed by atoms with Gasteiger partial charge in [-0.2, -0.15) is 0 Å². The van der Waals surface area contributed by atoms with Crippen LogP contribution in [-0.2, 0) is 16.6 Å². The number of benzene rings is 1. The van der Waals surface area contributed by atoms with E-state index < -0.39 is 10.0 Å². The van der Waals surface area contributed by atoms with E-state index in [1.54, 1.807) is 19.2 Å². The minimum atomic E-state index is -3.18. The van der Waals surface area contributed by atoms with Gasteiger partial charge in [0, 0.05) is 33.7 Å². The van der Waals surface area contributed by atoms with Gasteiger partial charge in [0.25, 0.3) is 0 Å². The predicted octanol–water partition coefficient (Wildman–Crippen LogP) is 0.382. The van der Waals surface area contributed by atoms with Gasteiger partial charge in [0.05, 0.1) is 6.26 Å². The van der Waals surface area contributed by atoms with Crippen molar-refractivity contribution in [3.05, 3.63) is 35.6 Å². The Kier molecular flexibility index (Phi) is 6.57. The summed E-state index contributed by atoms with van der Waals surface area (Å²) in [6, 6.07) is 6.25. The lowest BCUT2D eigenvalue weighted by Gasteiger charge is -2.22. The van der Waals surface area contributed by atoms with Crippen LogP contribution in [0, 0.1) is 5.82 Å². The van der Waals surface area contributed by atoms with Crippen LogP contribution in [0.4, 0.5) is 4.39 Å². The Morgan fingerprint density at radius 2 is 1.90 bits per heavy atom. The van der Waals surface area contributed by atoms with E-state index in [-0.39, 0.29) is 12.4 Å². The highest BCUT2D eigenvalue weighted by molar-refractivity contribution is 7.88. The maximum atomic E-state index is 12.8. The molecule has 0 spiro atoms. The third kappa shape index (κ3) is 7.05. The lowest BCUT2D eigenvalue weighted by Crippen LogP contribution is -2.42. The zero-order chi connectivity index (χ0) is 15.9. The second-order valence-electron chi connectivity index (χ2n) is 4.62. The Morgan fingerprint density at radius 3 is 2.43 bits per heavy atom. The van der Waals surface area contributed by atoms with Gasteiger partial charge in [-0.1, -0.05) is 12.1 Å². The first-order chi connectivity index (χ1) is 9.81. The average molecular weight is 316 g/mol. The summed E-state index contributed by atoms with van der Waals surface area (Å²) < 4.78 is 37.1. The molecule has 0 aliphatic carbocycles. The Hall–Kier alpha value is -1.67. The zero-order valence-electron chi connectivity index (χ0n) is 12.4. The summed E-state index contributed by atoms with van der Waals surface area (Å²) in [4.78, 5) is 5.98. The topological polar surface area (TPSA) is 73.8 Å². The van der Waals surface area contributed by atoms with Crippen LogP contribution in [0.5, 0.6) is 0 Å². The van der Waals surface area contributed by atoms with Gasteiger partial charge in [0.15, 0.2) is 5.96 Å². The average Bonchev–Trinajstić information content (AvgIpc) is 2.40. The van der Waals surface area contributed by atoms with Crippen LogP contribution in [0.2, 0.25) is 0 Å². The number of hydrogen-bond acceptors (Lipinski definition) is 3. The van der Waals surface area contributed by atoms with E-state index >= 15 is 0 Å². The maximum Gasteiger partial charge on any atom is 0.208 e. The van der Waals surface area contributed by atoms with Gasteiger partial charge >= 0.3 is 0 Å². The number of nitrogens with zero attached hydrogens (tertiary/aromatic N) is 2. The van der Waals surface area contributed by atoms with Crippen LogP contribution < -0.4 is 10.0 Å². The fraction of sp³-hybridized carbons (Fsp3) is 0.462. The van der Waals surface area contributed by atoms with E-state index in [1.807, 2.05) is 11.9 Å². The van der Waals surface area contributed by atoms with Gasteiger partial charge in [0.1, 0.15) is 5.82 Å². The van der Waals surface area contributed by atoms with Gasteiger partial charge in [-0.3, -0.25) is 4.99 Å². The minimum Gasteiger partial charge on any atom is -0.355 e. The van der Waals surface area contributed by atoms with Crippen molar-refractivity contribution in [1.82, 2.24) is 14.9 Å². The monoisotopic (exact) mass is 316 g/mol. The SMILES string of the molecule is CN=C(NCCNS(C)(=O)=O)N(C)Cc1ccc(F)cc1. The molecule has 0 saturated carbocycles. The summed E-state index contributed by atoms with van der Waals surface area (Å²) >= 11 is 0. The Labute approximate surface area is 125 Å². The highest BCUT2D eigenvalue weighted by Gasteiger charge is 2.07. The summed E-state index contributed by atoms with van der Waals surface area (Å²) in [6.45, 7) is 1.27. The van der Waals surface area contributed by atoms with Crippen molar-refractivity contribution >= 4 is 16.0 Å². The van der Waals surface area contributed by atoms with Crippen molar-refractivity contribution in [3.63, 3.8) is 0 Å². The fourth-order valence-electron chi connectivity index (χ4n) is 1.73. The van der Waals surface area contributed by atoms with Crippen LogP contribution in [0.1, 0.15) is 5.56 Å². The van der Waals surface area contributed by atoms with Gasteiger partial charge in [-0.25, -0.2) is 17.5 Å². The molecule has 118 valence electrons. The van der Waals surface area contributed by atoms with Crippen molar-refractivity contribution in [3.8, 4) is 0 Å². The molecule has 0 bridgehead atoms. The van der Waals surface area contributed by atoms with Crippen molar-refractivity contribution in [2.75, 3.05) is 33.4 Å². The van der Waals surface area contributed by atoms with Gasteiger partial charge < -0.3 is 10.2 Å². The molecule has 0 aliphatic heterocycles. The summed E-state index contributed by atoms with van der Waals surface area (Å²) in [5.41, 5.74) is 0.955. The first-order valence-corrected chi connectivity index (χ1v) is 8.32. The Morgan fingerprint density at radius 1 is 1.29 bits per heavy atom. The van der Waals surface area contributed by atoms with E-state index in [4.69, 9.17) is 0 Å². The third-order valence-electron chi connectivity index (χ3n) is 2.68. The molecular formula is C13H21FN4O2S. The number of halogens is 1. The van der Waals surface area contributed by atoms with Crippen LogP contribution >= 0.6 is 0 Å². The second-order valence-corrected chi connectivity index (χ2v) is 6.46. The quantitative estimate of drug-likeness (QED) is 0.452. The largest absolute Gasteiger partial charge is 0.355 e. The van der Waals surface area contributed by atoms with Crippen LogP contribution in [0.25, 0.3) is 0 Å². The van der Waals surface area contributed by atoms with E-state index in [1.165, 1.54) is 12.1 Å². The third-order valence-corrected chi connectivity index (χ3v) is 3.41. The molecule has 0 atom stereocenters. The maximum absolute atomic E-state index is 12.8. The van der Waals surface area contributed by atoms with E-state index in [2.05, 4.69) is 15.0 Å². The molecule has 0 unspecified atom stereocenters. The lowest BCUT2D eigenvalue weighted by molar-refractivity contribution is 0.476. The molecule has 0 saturated heterocycles. The van der Waals surface area contributed by atoms with E-state index in [0.717, 1.165) is 11.8 Å². The molecule has 0 aliphatic rings. The van der Waals surface area contributed by atoms with Crippen molar-refractivity contribution < 1.29 is 12.8 Å². The molecule has 1 rings (SSSR count). The van der Waals surface area contributed by atoms with Crippen LogP contribution in [0.3, 0.4) is 0 Å². The molecule has 0 radical (unpaired) electrons. The van der Waals surface area contributed by atoms with Crippen molar-refractivity contribution in [2.45, 2.75) is 6.54 Å². The molecule has 6 nitrogen and oxygen atoms in total. The molecule has 1 aromatic rings. The molecular weight excluding hydrogens is 295 g/mol. The standard InChI is InChI=1S/C13H21FN4O2S/c1-15-13(16-8-9-17-21(3,19)20)18(2)10-11-4-6-12(14)7-5-11/h4-7,17H,8-10H2,1-3H3,(H,15,16). The normalized spacial score (nSPS) is 12.3. The number of hydrogen-bond donors (Lipinski definition) is 2. The minimum absolute atomic E-state index is 0.268. The highest BCUT2D eigenvalue weighted by Crippen LogP contribution is 2.05. The van der Waals surface area contributed by atoms with Gasteiger partial charge in [-0.15, -0.1) is 0 Å². The summed E-state index contributed by atoms with van der Waals surface area (Å²) in [5.74, 6) is 0.366. The number of sulfonamides is 1. The number of nitrogens with one attached hydrogen (secondary N) is 2. The fourth-order valence-corrected chi connectivity index (χ4v) is 2.21. The molecule has 0 fully saturated rings. The number of rotatable bonds is 6. The lowest BCUT2D eigenvalue weighted by atomic mass is 10.2. The van der Waals surface area contributed by atoms with E-state index in [9.17, 15) is 12.8 Å². The molecule has 8 heteroatoms. The van der Waals surface area contributed by atoms with Gasteiger partial charge in [0.2, 0.25) is 10.0 Å².